The van der Waals surface area contributed by atoms with Crippen LogP contribution in [-0.4, -0.2) is 36.6 Å². The summed E-state index contributed by atoms with van der Waals surface area (Å²) in [6, 6.07) is -0.391. The highest BCUT2D eigenvalue weighted by Gasteiger charge is 2.12. The van der Waals surface area contributed by atoms with Gasteiger partial charge in [-0.3, -0.25) is 0 Å². The molecule has 0 spiro atoms. The average molecular weight is 145 g/mol. The molecule has 0 bridgehead atoms. The van der Waals surface area contributed by atoms with Crippen LogP contribution in [0, 0.1) is 4.91 Å². The first-order valence-electron chi connectivity index (χ1n) is 2.95. The van der Waals surface area contributed by atoms with Crippen LogP contribution in [0.1, 0.15) is 6.92 Å². The Labute approximate surface area is 59.5 Å². The molecule has 0 radical (unpaired) electrons. The van der Waals surface area contributed by atoms with Crippen molar-refractivity contribution in [2.75, 3.05) is 20.6 Å². The lowest BCUT2D eigenvalue weighted by Gasteiger charge is -2.15. The molecule has 0 atom stereocenters. The fourth-order valence-corrected chi connectivity index (χ4v) is 0.459. The molecule has 2 amide bonds. The van der Waals surface area contributed by atoms with Gasteiger partial charge in [-0.05, 0) is 6.92 Å². The Balaban J connectivity index is 4.02. The molecule has 0 saturated carbocycles. The van der Waals surface area contributed by atoms with Gasteiger partial charge in [0.05, 0.1) is 5.29 Å². The van der Waals surface area contributed by atoms with Crippen molar-refractivity contribution in [1.82, 2.24) is 9.91 Å². The van der Waals surface area contributed by atoms with E-state index >= 15 is 0 Å². The van der Waals surface area contributed by atoms with Gasteiger partial charge in [-0.25, -0.2) is 4.79 Å². The van der Waals surface area contributed by atoms with E-state index < -0.39 is 6.03 Å². The maximum atomic E-state index is 10.9. The molecule has 58 valence electrons. The number of amides is 2. The van der Waals surface area contributed by atoms with E-state index in [1.807, 2.05) is 0 Å². The smallest absolute Gasteiger partial charge is 0.329 e. The number of carbonyl (C=O) groups excluding carboxylic acids is 1. The van der Waals surface area contributed by atoms with E-state index in [2.05, 4.69) is 5.29 Å². The van der Waals surface area contributed by atoms with Gasteiger partial charge in [0.2, 0.25) is 0 Å². The minimum Gasteiger partial charge on any atom is -0.329 e. The third-order valence-electron chi connectivity index (χ3n) is 1.00. The Hall–Kier alpha value is -1.13. The highest BCUT2D eigenvalue weighted by Crippen LogP contribution is 1.93. The Morgan fingerprint density at radius 3 is 2.10 bits per heavy atom. The first-order valence-corrected chi connectivity index (χ1v) is 2.95. The molecule has 0 aromatic carbocycles. The van der Waals surface area contributed by atoms with Crippen molar-refractivity contribution in [2.24, 2.45) is 5.29 Å². The minimum absolute atomic E-state index is 0.306. The molecule has 0 aliphatic rings. The first kappa shape index (κ1) is 8.87. The molecular weight excluding hydrogens is 134 g/mol. The second-order valence-corrected chi connectivity index (χ2v) is 1.97. The molecule has 0 N–H and O–H groups in total. The maximum absolute atomic E-state index is 10.9. The molecule has 0 fully saturated rings. The summed E-state index contributed by atoms with van der Waals surface area (Å²) in [7, 11) is 3.13. The third-order valence-corrected chi connectivity index (χ3v) is 1.00. The molecule has 5 nitrogen and oxygen atoms in total. The fourth-order valence-electron chi connectivity index (χ4n) is 0.459. The summed E-state index contributed by atoms with van der Waals surface area (Å²) in [5.41, 5.74) is 0. The van der Waals surface area contributed by atoms with Crippen molar-refractivity contribution < 1.29 is 4.79 Å². The van der Waals surface area contributed by atoms with Crippen molar-refractivity contribution >= 4 is 6.03 Å². The van der Waals surface area contributed by atoms with Crippen LogP contribution in [0.3, 0.4) is 0 Å². The predicted octanol–water partition coefficient (Wildman–Crippen LogP) is 0.671. The third kappa shape index (κ3) is 2.00. The van der Waals surface area contributed by atoms with Gasteiger partial charge in [-0.2, -0.15) is 5.01 Å². The lowest BCUT2D eigenvalue weighted by atomic mass is 10.7. The zero-order chi connectivity index (χ0) is 8.15. The summed E-state index contributed by atoms with van der Waals surface area (Å²) in [4.78, 5) is 22.1. The largest absolute Gasteiger partial charge is 0.342 e. The molecule has 5 heteroatoms. The van der Waals surface area contributed by atoms with Crippen LogP contribution >= 0.6 is 0 Å². The maximum Gasteiger partial charge on any atom is 0.342 e. The van der Waals surface area contributed by atoms with Crippen molar-refractivity contribution in [3.8, 4) is 0 Å². The minimum atomic E-state index is -0.391. The number of carbonyl (C=O) groups is 1. The Morgan fingerprint density at radius 1 is 1.50 bits per heavy atom. The zero-order valence-corrected chi connectivity index (χ0v) is 6.37. The molecule has 0 aliphatic heterocycles. The molecular formula is C5H11N3O2. The summed E-state index contributed by atoms with van der Waals surface area (Å²) < 4.78 is 0. The van der Waals surface area contributed by atoms with Crippen LogP contribution in [0.5, 0.6) is 0 Å². The highest BCUT2D eigenvalue weighted by molar-refractivity contribution is 5.73. The average Bonchev–Trinajstić information content (AvgIpc) is 1.90. The standard InChI is InChI=1S/C5H11N3O2/c1-4-8(6-10)5(9)7(2)3/h4H2,1-3H3. The van der Waals surface area contributed by atoms with Crippen LogP contribution in [-0.2, 0) is 0 Å². The molecule has 0 aromatic heterocycles. The van der Waals surface area contributed by atoms with Gasteiger partial charge in [0.15, 0.2) is 0 Å². The lowest BCUT2D eigenvalue weighted by molar-refractivity contribution is 0.175. The van der Waals surface area contributed by atoms with Gasteiger partial charge in [0.1, 0.15) is 0 Å². The monoisotopic (exact) mass is 145 g/mol. The van der Waals surface area contributed by atoms with Crippen molar-refractivity contribution in [3.05, 3.63) is 4.91 Å². The second kappa shape index (κ2) is 3.81. The molecule has 0 saturated heterocycles. The van der Waals surface area contributed by atoms with E-state index in [9.17, 15) is 9.70 Å². The topological polar surface area (TPSA) is 53.0 Å². The van der Waals surface area contributed by atoms with E-state index in [1.165, 1.54) is 4.90 Å². The van der Waals surface area contributed by atoms with E-state index in [-0.39, 0.29) is 0 Å². The van der Waals surface area contributed by atoms with Crippen LogP contribution in [0.25, 0.3) is 0 Å². The molecule has 10 heavy (non-hydrogen) atoms. The molecule has 0 aliphatic carbocycles. The first-order chi connectivity index (χ1) is 4.63. The summed E-state index contributed by atoms with van der Waals surface area (Å²) in [6.45, 7) is 1.99. The van der Waals surface area contributed by atoms with Gasteiger partial charge >= 0.3 is 6.03 Å². The number of hydrogen-bond acceptors (Lipinski definition) is 3. The quantitative estimate of drug-likeness (QED) is 0.423. The van der Waals surface area contributed by atoms with Crippen LogP contribution in [0.4, 0.5) is 4.79 Å². The summed E-state index contributed by atoms with van der Waals surface area (Å²) in [5, 5.41) is 3.37. The van der Waals surface area contributed by atoms with Gasteiger partial charge in [-0.1, -0.05) is 0 Å². The summed E-state index contributed by atoms with van der Waals surface area (Å²) in [6.07, 6.45) is 0. The van der Waals surface area contributed by atoms with E-state index in [0.717, 1.165) is 5.01 Å². The molecule has 0 heterocycles. The number of nitroso groups, excluding NO2 is 1. The second-order valence-electron chi connectivity index (χ2n) is 1.97. The van der Waals surface area contributed by atoms with Gasteiger partial charge < -0.3 is 4.90 Å². The summed E-state index contributed by atoms with van der Waals surface area (Å²) >= 11 is 0. The van der Waals surface area contributed by atoms with Crippen molar-refractivity contribution in [1.29, 1.82) is 0 Å². The number of nitrogens with zero attached hydrogens (tertiary/aromatic N) is 3. The van der Waals surface area contributed by atoms with Gasteiger partial charge in [0.25, 0.3) is 0 Å². The predicted molar refractivity (Wildman–Crippen MR) is 37.3 cm³/mol. The van der Waals surface area contributed by atoms with Crippen molar-refractivity contribution in [3.63, 3.8) is 0 Å². The van der Waals surface area contributed by atoms with Crippen LogP contribution < -0.4 is 0 Å². The van der Waals surface area contributed by atoms with Gasteiger partial charge in [-0.15, -0.1) is 4.91 Å². The molecule has 0 rings (SSSR count). The van der Waals surface area contributed by atoms with Gasteiger partial charge in [0, 0.05) is 20.6 Å². The summed E-state index contributed by atoms with van der Waals surface area (Å²) in [5.74, 6) is 0. The van der Waals surface area contributed by atoms with E-state index in [1.54, 1.807) is 21.0 Å². The Morgan fingerprint density at radius 2 is 2.00 bits per heavy atom. The lowest BCUT2D eigenvalue weighted by Crippen LogP contribution is -2.35. The van der Waals surface area contributed by atoms with E-state index in [4.69, 9.17) is 0 Å². The molecule has 0 unspecified atom stereocenters. The van der Waals surface area contributed by atoms with E-state index in [0.29, 0.717) is 6.54 Å². The number of hydrogen-bond donors (Lipinski definition) is 0. The zero-order valence-electron chi connectivity index (χ0n) is 6.37. The highest BCUT2D eigenvalue weighted by atomic mass is 16.3. The molecule has 0 aromatic rings. The Bertz CT molecular complexity index is 135. The van der Waals surface area contributed by atoms with Crippen molar-refractivity contribution in [2.45, 2.75) is 6.92 Å². The normalized spacial score (nSPS) is 8.70. The SMILES string of the molecule is CCN(N=O)C(=O)N(C)C. The Kier molecular flexibility index (Phi) is 3.38. The fraction of sp³-hybridized carbons (Fsp3) is 0.800. The number of urea groups is 1. The van der Waals surface area contributed by atoms with Crippen LogP contribution in [0.15, 0.2) is 5.29 Å². The van der Waals surface area contributed by atoms with Crippen LogP contribution in [0.2, 0.25) is 0 Å². The number of rotatable bonds is 2.